The Bertz CT molecular complexity index is 1460. The maximum atomic E-state index is 14.4. The van der Waals surface area contributed by atoms with Gasteiger partial charge in [0.05, 0.1) is 29.3 Å². The van der Waals surface area contributed by atoms with Crippen LogP contribution in [0, 0.1) is 17.0 Å². The van der Waals surface area contributed by atoms with Crippen LogP contribution in [-0.2, 0) is 14.9 Å². The van der Waals surface area contributed by atoms with Gasteiger partial charge in [0.25, 0.3) is 0 Å². The lowest BCUT2D eigenvalue weighted by Gasteiger charge is -2.30. The Morgan fingerprint density at radius 1 is 1.29 bits per heavy atom. The first-order chi connectivity index (χ1) is 16.6. The maximum absolute atomic E-state index is 14.4. The summed E-state index contributed by atoms with van der Waals surface area (Å²) in [5, 5.41) is 18.9. The van der Waals surface area contributed by atoms with Crippen LogP contribution in [0.2, 0.25) is 0 Å². The number of hydrogen-bond donors (Lipinski definition) is 2. The topological polar surface area (TPSA) is 80.1 Å². The first-order valence-corrected chi connectivity index (χ1v) is 11.8. The summed E-state index contributed by atoms with van der Waals surface area (Å²) in [6.07, 6.45) is 3.52. The Labute approximate surface area is 201 Å². The lowest BCUT2D eigenvalue weighted by Crippen LogP contribution is -2.29. The molecule has 0 aliphatic heterocycles. The van der Waals surface area contributed by atoms with E-state index in [4.69, 9.17) is 4.74 Å². The van der Waals surface area contributed by atoms with Gasteiger partial charge in [-0.3, -0.25) is 9.89 Å². The van der Waals surface area contributed by atoms with Gasteiger partial charge in [-0.1, -0.05) is 13.8 Å². The van der Waals surface area contributed by atoms with E-state index < -0.39 is 28.4 Å². The molecule has 184 valence electrons. The van der Waals surface area contributed by atoms with Crippen molar-refractivity contribution in [3.8, 4) is 5.69 Å². The van der Waals surface area contributed by atoms with Gasteiger partial charge in [-0.05, 0) is 61.9 Å². The van der Waals surface area contributed by atoms with Crippen molar-refractivity contribution >= 4 is 27.8 Å². The van der Waals surface area contributed by atoms with E-state index in [0.717, 1.165) is 45.6 Å². The van der Waals surface area contributed by atoms with Crippen LogP contribution in [0.5, 0.6) is 0 Å². The summed E-state index contributed by atoms with van der Waals surface area (Å²) in [7, 11) is 1.64. The van der Waals surface area contributed by atoms with Crippen molar-refractivity contribution in [2.45, 2.75) is 51.4 Å². The van der Waals surface area contributed by atoms with Gasteiger partial charge < -0.3 is 14.4 Å². The van der Waals surface area contributed by atoms with Crippen LogP contribution in [-0.4, -0.2) is 39.6 Å². The number of nitrogens with zero attached hydrogens (tertiary/aromatic N) is 2. The summed E-state index contributed by atoms with van der Waals surface area (Å²) in [5.74, 6) is -2.65. The number of benzene rings is 2. The Kier molecular flexibility index (Phi) is 5.47. The van der Waals surface area contributed by atoms with E-state index in [1.165, 1.54) is 6.07 Å². The number of hydrogen-bond acceptors (Lipinski definition) is 3. The van der Waals surface area contributed by atoms with Crippen LogP contribution >= 0.6 is 0 Å². The lowest BCUT2D eigenvalue weighted by molar-refractivity contribution is -0.147. The largest absolute Gasteiger partial charge is 0.481 e. The van der Waals surface area contributed by atoms with Gasteiger partial charge in [0.2, 0.25) is 0 Å². The van der Waals surface area contributed by atoms with E-state index in [1.807, 2.05) is 16.7 Å². The predicted octanol–water partition coefficient (Wildman–Crippen LogP) is 6.07. The summed E-state index contributed by atoms with van der Waals surface area (Å²) in [5.41, 5.74) is 2.82. The minimum Gasteiger partial charge on any atom is -0.481 e. The highest BCUT2D eigenvalue weighted by molar-refractivity contribution is 5.99. The second kappa shape index (κ2) is 8.16. The van der Waals surface area contributed by atoms with Gasteiger partial charge in [0.15, 0.2) is 11.6 Å². The zero-order chi connectivity index (χ0) is 25.1. The molecule has 1 aliphatic rings. The van der Waals surface area contributed by atoms with Crippen LogP contribution in [0.3, 0.4) is 0 Å². The molecule has 8 heteroatoms. The van der Waals surface area contributed by atoms with Crippen molar-refractivity contribution in [1.82, 2.24) is 14.8 Å². The summed E-state index contributed by atoms with van der Waals surface area (Å²) in [4.78, 5) is 12.1. The average Bonchev–Trinajstić information content (AvgIpc) is 3.50. The molecule has 2 aromatic carbocycles. The molecular formula is C27H29F2N3O3. The zero-order valence-corrected chi connectivity index (χ0v) is 20.3. The van der Waals surface area contributed by atoms with Gasteiger partial charge >= 0.3 is 5.97 Å². The number of carbonyl (C=O) groups is 1. The van der Waals surface area contributed by atoms with Gasteiger partial charge in [0, 0.05) is 40.7 Å². The average molecular weight is 482 g/mol. The van der Waals surface area contributed by atoms with Crippen LogP contribution in [0.15, 0.2) is 36.5 Å². The Morgan fingerprint density at radius 3 is 2.71 bits per heavy atom. The molecule has 2 atom stereocenters. The molecule has 0 bridgehead atoms. The number of rotatable bonds is 6. The van der Waals surface area contributed by atoms with Crippen molar-refractivity contribution in [2.24, 2.45) is 5.41 Å². The molecule has 0 radical (unpaired) electrons. The molecular weight excluding hydrogens is 452 g/mol. The number of fused-ring (bicyclic) bond motifs is 2. The highest BCUT2D eigenvalue weighted by Gasteiger charge is 2.45. The lowest BCUT2D eigenvalue weighted by atomic mass is 9.80. The maximum Gasteiger partial charge on any atom is 0.309 e. The highest BCUT2D eigenvalue weighted by Crippen LogP contribution is 2.52. The Hall–Kier alpha value is -3.26. The van der Waals surface area contributed by atoms with Gasteiger partial charge in [-0.15, -0.1) is 0 Å². The van der Waals surface area contributed by atoms with E-state index in [9.17, 15) is 18.7 Å². The van der Waals surface area contributed by atoms with Crippen LogP contribution in [0.25, 0.3) is 27.5 Å². The molecule has 6 nitrogen and oxygen atoms in total. The number of halogens is 2. The summed E-state index contributed by atoms with van der Waals surface area (Å²) in [6.45, 7) is 6.31. The molecule has 0 saturated heterocycles. The molecule has 2 heterocycles. The fourth-order valence-electron chi connectivity index (χ4n) is 5.83. The standard InChI is InChI=1S/C27H29F2N3O3/c1-26(2,14-35-4)24-23(15-7-8-27(3,12-15)25(33)34)18-11-21-16(13-30-31-21)9-22(18)32(24)17-5-6-19(28)20(29)10-17/h5-6,9-11,13,15H,7-8,12,14H2,1-4H3,(H,30,31)(H,33,34)/t15-,27-/m1/s1. The van der Waals surface area contributed by atoms with Gasteiger partial charge in [0.1, 0.15) is 0 Å². The summed E-state index contributed by atoms with van der Waals surface area (Å²) >= 11 is 0. The fourth-order valence-corrected chi connectivity index (χ4v) is 5.83. The van der Waals surface area contributed by atoms with Crippen molar-refractivity contribution in [2.75, 3.05) is 13.7 Å². The number of carboxylic acids is 1. The molecule has 5 rings (SSSR count). The minimum atomic E-state index is -0.926. The molecule has 35 heavy (non-hydrogen) atoms. The number of aromatic nitrogens is 3. The third-order valence-electron chi connectivity index (χ3n) is 7.54. The summed E-state index contributed by atoms with van der Waals surface area (Å²) < 4.78 is 35.9. The smallest absolute Gasteiger partial charge is 0.309 e. The van der Waals surface area contributed by atoms with Gasteiger partial charge in [-0.2, -0.15) is 5.10 Å². The number of nitrogens with one attached hydrogen (secondary N) is 1. The fraction of sp³-hybridized carbons (Fsp3) is 0.407. The van der Waals surface area contributed by atoms with Gasteiger partial charge in [-0.25, -0.2) is 8.78 Å². The summed E-state index contributed by atoms with van der Waals surface area (Å²) in [6, 6.07) is 7.95. The SMILES string of the molecule is COCC(C)(C)c1c([C@@H]2CC[C@@](C)(C(=O)O)C2)c2cc3[nH]ncc3cc2n1-c1ccc(F)c(F)c1. The normalized spacial score (nSPS) is 20.8. The first kappa shape index (κ1) is 23.5. The second-order valence-electron chi connectivity index (χ2n) is 10.6. The highest BCUT2D eigenvalue weighted by atomic mass is 19.2. The third-order valence-corrected chi connectivity index (χ3v) is 7.54. The first-order valence-electron chi connectivity index (χ1n) is 11.8. The minimum absolute atomic E-state index is 0.0170. The van der Waals surface area contributed by atoms with Crippen LogP contribution in [0.4, 0.5) is 8.78 Å². The molecule has 1 fully saturated rings. The number of methoxy groups -OCH3 is 1. The molecule has 1 saturated carbocycles. The number of H-pyrrole nitrogens is 1. The monoisotopic (exact) mass is 481 g/mol. The Morgan fingerprint density at radius 2 is 2.06 bits per heavy atom. The Balaban J connectivity index is 1.88. The van der Waals surface area contributed by atoms with E-state index in [2.05, 4.69) is 24.0 Å². The van der Waals surface area contributed by atoms with E-state index in [0.29, 0.717) is 25.1 Å². The molecule has 2 aromatic heterocycles. The van der Waals surface area contributed by atoms with Crippen molar-refractivity contribution in [3.63, 3.8) is 0 Å². The zero-order valence-electron chi connectivity index (χ0n) is 20.3. The molecule has 0 unspecified atom stereocenters. The predicted molar refractivity (Wildman–Crippen MR) is 130 cm³/mol. The van der Waals surface area contributed by atoms with E-state index >= 15 is 0 Å². The molecule has 4 aromatic rings. The molecule has 1 aliphatic carbocycles. The number of aliphatic carboxylic acids is 1. The molecule has 2 N–H and O–H groups in total. The number of aromatic amines is 1. The molecule has 0 spiro atoms. The van der Waals surface area contributed by atoms with E-state index in [-0.39, 0.29) is 5.92 Å². The number of carboxylic acid groups (broad SMARTS) is 1. The van der Waals surface area contributed by atoms with E-state index in [1.54, 1.807) is 26.3 Å². The van der Waals surface area contributed by atoms with Crippen molar-refractivity contribution in [3.05, 3.63) is 59.4 Å². The third kappa shape index (κ3) is 3.71. The number of ether oxygens (including phenoxy) is 1. The van der Waals surface area contributed by atoms with Crippen molar-refractivity contribution in [1.29, 1.82) is 0 Å². The van der Waals surface area contributed by atoms with Crippen LogP contribution < -0.4 is 0 Å². The second-order valence-corrected chi connectivity index (χ2v) is 10.6. The van der Waals surface area contributed by atoms with Crippen molar-refractivity contribution < 1.29 is 23.4 Å². The van der Waals surface area contributed by atoms with Crippen LogP contribution in [0.1, 0.15) is 57.2 Å². The quantitative estimate of drug-likeness (QED) is 0.350. The molecule has 0 amide bonds.